The molecular weight excluding hydrogens is 222 g/mol. The number of hydrogen-bond donors (Lipinski definition) is 1. The Morgan fingerprint density at radius 1 is 1.53 bits per heavy atom. The van der Waals surface area contributed by atoms with Crippen molar-refractivity contribution >= 4 is 5.97 Å². The standard InChI is InChI=1S/C12H15NO4/c14-12(15)11-5-4-10(17-11)8-16-7-9-3-1-2-6-13-9/h1-3,6,10-11H,4-5,7-8H2,(H,14,15). The van der Waals surface area contributed by atoms with Crippen LogP contribution in [0.25, 0.3) is 0 Å². The Kier molecular flexibility index (Phi) is 4.06. The van der Waals surface area contributed by atoms with Crippen LogP contribution >= 0.6 is 0 Å². The van der Waals surface area contributed by atoms with Crippen LogP contribution in [0.15, 0.2) is 24.4 Å². The van der Waals surface area contributed by atoms with Crippen LogP contribution in [-0.4, -0.2) is 34.9 Å². The van der Waals surface area contributed by atoms with E-state index in [1.807, 2.05) is 18.2 Å². The van der Waals surface area contributed by atoms with Crippen molar-refractivity contribution in [2.75, 3.05) is 6.61 Å². The van der Waals surface area contributed by atoms with Gasteiger partial charge in [-0.05, 0) is 25.0 Å². The molecular formula is C12H15NO4. The Hall–Kier alpha value is -1.46. The van der Waals surface area contributed by atoms with Crippen molar-refractivity contribution in [3.63, 3.8) is 0 Å². The van der Waals surface area contributed by atoms with E-state index in [1.165, 1.54) is 0 Å². The zero-order valence-corrected chi connectivity index (χ0v) is 9.41. The average Bonchev–Trinajstić information content (AvgIpc) is 2.79. The molecule has 1 fully saturated rings. The summed E-state index contributed by atoms with van der Waals surface area (Å²) in [7, 11) is 0. The number of rotatable bonds is 5. The third-order valence-electron chi connectivity index (χ3n) is 2.66. The van der Waals surface area contributed by atoms with Gasteiger partial charge in [0.05, 0.1) is 25.0 Å². The van der Waals surface area contributed by atoms with Crippen LogP contribution < -0.4 is 0 Å². The number of hydrogen-bond acceptors (Lipinski definition) is 4. The maximum absolute atomic E-state index is 10.7. The van der Waals surface area contributed by atoms with Crippen LogP contribution in [-0.2, 0) is 20.9 Å². The minimum absolute atomic E-state index is 0.111. The quantitative estimate of drug-likeness (QED) is 0.834. The summed E-state index contributed by atoms with van der Waals surface area (Å²) in [5.74, 6) is -0.891. The van der Waals surface area contributed by atoms with Crippen molar-refractivity contribution < 1.29 is 19.4 Å². The van der Waals surface area contributed by atoms with Crippen molar-refractivity contribution in [1.82, 2.24) is 4.98 Å². The van der Waals surface area contributed by atoms with E-state index in [0.717, 1.165) is 12.1 Å². The van der Waals surface area contributed by atoms with Gasteiger partial charge < -0.3 is 14.6 Å². The summed E-state index contributed by atoms with van der Waals surface area (Å²) in [4.78, 5) is 14.8. The van der Waals surface area contributed by atoms with Gasteiger partial charge in [0.2, 0.25) is 0 Å². The minimum atomic E-state index is -0.891. The van der Waals surface area contributed by atoms with Gasteiger partial charge in [-0.15, -0.1) is 0 Å². The van der Waals surface area contributed by atoms with Crippen LogP contribution in [0.1, 0.15) is 18.5 Å². The molecule has 1 aromatic heterocycles. The first-order chi connectivity index (χ1) is 8.25. The van der Waals surface area contributed by atoms with Crippen molar-refractivity contribution in [1.29, 1.82) is 0 Å². The number of pyridine rings is 1. The molecule has 0 bridgehead atoms. The first kappa shape index (κ1) is 12.0. The Bertz CT molecular complexity index is 368. The second kappa shape index (κ2) is 5.75. The van der Waals surface area contributed by atoms with E-state index in [9.17, 15) is 4.79 Å². The van der Waals surface area contributed by atoms with Crippen molar-refractivity contribution in [3.05, 3.63) is 30.1 Å². The predicted octanol–water partition coefficient (Wildman–Crippen LogP) is 1.23. The lowest BCUT2D eigenvalue weighted by Gasteiger charge is -2.11. The third kappa shape index (κ3) is 3.51. The highest BCUT2D eigenvalue weighted by Gasteiger charge is 2.30. The second-order valence-corrected chi connectivity index (χ2v) is 4.00. The van der Waals surface area contributed by atoms with Gasteiger partial charge in [-0.1, -0.05) is 6.07 Å². The molecule has 2 atom stereocenters. The molecule has 0 spiro atoms. The molecule has 1 aliphatic heterocycles. The van der Waals surface area contributed by atoms with Crippen molar-refractivity contribution in [2.24, 2.45) is 0 Å². The summed E-state index contributed by atoms with van der Waals surface area (Å²) < 4.78 is 10.8. The number of ether oxygens (including phenoxy) is 2. The zero-order chi connectivity index (χ0) is 12.1. The molecule has 1 aromatic rings. The van der Waals surface area contributed by atoms with E-state index >= 15 is 0 Å². The minimum Gasteiger partial charge on any atom is -0.479 e. The Balaban J connectivity index is 1.68. The van der Waals surface area contributed by atoms with E-state index < -0.39 is 12.1 Å². The molecule has 92 valence electrons. The highest BCUT2D eigenvalue weighted by atomic mass is 16.6. The van der Waals surface area contributed by atoms with E-state index in [1.54, 1.807) is 6.20 Å². The van der Waals surface area contributed by atoms with Gasteiger partial charge in [0.15, 0.2) is 6.10 Å². The molecule has 0 radical (unpaired) electrons. The van der Waals surface area contributed by atoms with Crippen LogP contribution in [0.2, 0.25) is 0 Å². The average molecular weight is 237 g/mol. The number of aliphatic carboxylic acids is 1. The Labute approximate surface area is 99.4 Å². The van der Waals surface area contributed by atoms with E-state index in [2.05, 4.69) is 4.98 Å². The molecule has 2 unspecified atom stereocenters. The predicted molar refractivity (Wildman–Crippen MR) is 59.4 cm³/mol. The third-order valence-corrected chi connectivity index (χ3v) is 2.66. The van der Waals surface area contributed by atoms with E-state index in [4.69, 9.17) is 14.6 Å². The SMILES string of the molecule is O=C(O)C1CCC(COCc2ccccn2)O1. The van der Waals surface area contributed by atoms with Gasteiger partial charge in [-0.25, -0.2) is 4.79 Å². The molecule has 2 heterocycles. The fourth-order valence-electron chi connectivity index (χ4n) is 1.79. The Morgan fingerprint density at radius 2 is 2.41 bits per heavy atom. The smallest absolute Gasteiger partial charge is 0.332 e. The largest absolute Gasteiger partial charge is 0.479 e. The molecule has 0 aromatic carbocycles. The lowest BCUT2D eigenvalue weighted by atomic mass is 10.2. The normalized spacial score (nSPS) is 23.8. The lowest BCUT2D eigenvalue weighted by molar-refractivity contribution is -0.150. The zero-order valence-electron chi connectivity index (χ0n) is 9.41. The maximum Gasteiger partial charge on any atom is 0.332 e. The summed E-state index contributed by atoms with van der Waals surface area (Å²) in [6.45, 7) is 0.846. The van der Waals surface area contributed by atoms with E-state index in [-0.39, 0.29) is 6.10 Å². The van der Waals surface area contributed by atoms with Gasteiger partial charge in [0, 0.05) is 6.20 Å². The first-order valence-corrected chi connectivity index (χ1v) is 5.61. The van der Waals surface area contributed by atoms with Gasteiger partial charge in [0.25, 0.3) is 0 Å². The Morgan fingerprint density at radius 3 is 3.06 bits per heavy atom. The molecule has 1 saturated heterocycles. The second-order valence-electron chi connectivity index (χ2n) is 4.00. The number of carbonyl (C=O) groups is 1. The summed E-state index contributed by atoms with van der Waals surface area (Å²) in [5.41, 5.74) is 0.861. The summed E-state index contributed by atoms with van der Waals surface area (Å²) in [6, 6.07) is 5.63. The summed E-state index contributed by atoms with van der Waals surface area (Å²) in [5, 5.41) is 8.76. The first-order valence-electron chi connectivity index (χ1n) is 5.61. The number of aromatic nitrogens is 1. The maximum atomic E-state index is 10.7. The molecule has 0 amide bonds. The molecule has 0 saturated carbocycles. The molecule has 1 N–H and O–H groups in total. The molecule has 0 aliphatic carbocycles. The van der Waals surface area contributed by atoms with Crippen LogP contribution in [0.5, 0.6) is 0 Å². The van der Waals surface area contributed by atoms with Crippen molar-refractivity contribution in [2.45, 2.75) is 31.7 Å². The summed E-state index contributed by atoms with van der Waals surface area (Å²) in [6.07, 6.45) is 2.23. The molecule has 17 heavy (non-hydrogen) atoms. The molecule has 5 heteroatoms. The molecule has 2 rings (SSSR count). The van der Waals surface area contributed by atoms with Crippen LogP contribution in [0.4, 0.5) is 0 Å². The molecule has 1 aliphatic rings. The van der Waals surface area contributed by atoms with Gasteiger partial charge in [-0.2, -0.15) is 0 Å². The van der Waals surface area contributed by atoms with E-state index in [0.29, 0.717) is 19.6 Å². The summed E-state index contributed by atoms with van der Waals surface area (Å²) >= 11 is 0. The fourth-order valence-corrected chi connectivity index (χ4v) is 1.79. The van der Waals surface area contributed by atoms with Crippen molar-refractivity contribution in [3.8, 4) is 0 Å². The topological polar surface area (TPSA) is 68.7 Å². The van der Waals surface area contributed by atoms with Gasteiger partial charge >= 0.3 is 5.97 Å². The lowest BCUT2D eigenvalue weighted by Crippen LogP contribution is -2.22. The fraction of sp³-hybridized carbons (Fsp3) is 0.500. The number of carboxylic acids is 1. The number of carboxylic acid groups (broad SMARTS) is 1. The number of nitrogens with zero attached hydrogens (tertiary/aromatic N) is 1. The van der Waals surface area contributed by atoms with Gasteiger partial charge in [-0.3, -0.25) is 4.98 Å². The highest BCUT2D eigenvalue weighted by Crippen LogP contribution is 2.20. The van der Waals surface area contributed by atoms with Crippen LogP contribution in [0.3, 0.4) is 0 Å². The highest BCUT2D eigenvalue weighted by molar-refractivity contribution is 5.72. The van der Waals surface area contributed by atoms with Gasteiger partial charge in [0.1, 0.15) is 0 Å². The molecule has 5 nitrogen and oxygen atoms in total. The monoisotopic (exact) mass is 237 g/mol. The van der Waals surface area contributed by atoms with Crippen LogP contribution in [0, 0.1) is 0 Å².